The summed E-state index contributed by atoms with van der Waals surface area (Å²) in [6.07, 6.45) is 3.47. The Morgan fingerprint density at radius 1 is 1.30 bits per heavy atom. The highest BCUT2D eigenvalue weighted by Crippen LogP contribution is 2.35. The molecule has 0 aromatic heterocycles. The number of aliphatic carboxylic acids is 1. The first-order valence-electron chi connectivity index (χ1n) is 7.87. The van der Waals surface area contributed by atoms with Crippen LogP contribution in [0.25, 0.3) is 0 Å². The molecule has 1 aliphatic rings. The van der Waals surface area contributed by atoms with Crippen molar-refractivity contribution in [1.29, 1.82) is 0 Å². The smallest absolute Gasteiger partial charge is 0.341 e. The monoisotopic (exact) mass is 321 g/mol. The molecule has 0 heterocycles. The molecule has 0 spiro atoms. The SMILES string of the molecule is CCOC1(C(=O)Nc2ccc(OCC(=O)O)cc2C)CCCC1. The molecular formula is C17H23NO5. The summed E-state index contributed by atoms with van der Waals surface area (Å²) in [6.45, 7) is 3.85. The number of rotatable bonds is 7. The Balaban J connectivity index is 2.07. The summed E-state index contributed by atoms with van der Waals surface area (Å²) < 4.78 is 10.9. The van der Waals surface area contributed by atoms with Gasteiger partial charge in [0.1, 0.15) is 11.4 Å². The Morgan fingerprint density at radius 2 is 2.00 bits per heavy atom. The van der Waals surface area contributed by atoms with Crippen molar-refractivity contribution in [3.8, 4) is 5.75 Å². The second kappa shape index (κ2) is 7.46. The lowest BCUT2D eigenvalue weighted by Crippen LogP contribution is -2.43. The number of benzene rings is 1. The van der Waals surface area contributed by atoms with Gasteiger partial charge in [-0.05, 0) is 63.3 Å². The van der Waals surface area contributed by atoms with E-state index in [2.05, 4.69) is 5.32 Å². The molecule has 1 fully saturated rings. The largest absolute Gasteiger partial charge is 0.482 e. The summed E-state index contributed by atoms with van der Waals surface area (Å²) in [5.41, 5.74) is 0.772. The number of carbonyl (C=O) groups excluding carboxylic acids is 1. The fourth-order valence-corrected chi connectivity index (χ4v) is 2.91. The van der Waals surface area contributed by atoms with Crippen LogP contribution in [0.5, 0.6) is 5.75 Å². The molecule has 0 aliphatic heterocycles. The van der Waals surface area contributed by atoms with Crippen molar-refractivity contribution in [3.63, 3.8) is 0 Å². The van der Waals surface area contributed by atoms with Gasteiger partial charge in [-0.1, -0.05) is 0 Å². The normalized spacial score (nSPS) is 16.1. The van der Waals surface area contributed by atoms with Crippen LogP contribution in [0.4, 0.5) is 5.69 Å². The number of ether oxygens (including phenoxy) is 2. The lowest BCUT2D eigenvalue weighted by atomic mass is 10.0. The van der Waals surface area contributed by atoms with Crippen molar-refractivity contribution < 1.29 is 24.2 Å². The van der Waals surface area contributed by atoms with Crippen molar-refractivity contribution >= 4 is 17.6 Å². The molecule has 6 heteroatoms. The summed E-state index contributed by atoms with van der Waals surface area (Å²) in [6, 6.07) is 5.08. The predicted molar refractivity (Wildman–Crippen MR) is 85.8 cm³/mol. The van der Waals surface area contributed by atoms with Crippen LogP contribution < -0.4 is 10.1 Å². The molecule has 6 nitrogen and oxygen atoms in total. The van der Waals surface area contributed by atoms with Gasteiger partial charge in [-0.25, -0.2) is 4.79 Å². The fourth-order valence-electron chi connectivity index (χ4n) is 2.91. The highest BCUT2D eigenvalue weighted by Gasteiger charge is 2.42. The van der Waals surface area contributed by atoms with Crippen LogP contribution in [0.3, 0.4) is 0 Å². The molecule has 126 valence electrons. The maximum Gasteiger partial charge on any atom is 0.341 e. The van der Waals surface area contributed by atoms with Crippen molar-refractivity contribution in [2.24, 2.45) is 0 Å². The van der Waals surface area contributed by atoms with E-state index in [1.54, 1.807) is 18.2 Å². The molecule has 1 saturated carbocycles. The zero-order valence-electron chi connectivity index (χ0n) is 13.6. The number of carbonyl (C=O) groups is 2. The van der Waals surface area contributed by atoms with Crippen LogP contribution in [-0.2, 0) is 14.3 Å². The molecular weight excluding hydrogens is 298 g/mol. The van der Waals surface area contributed by atoms with Crippen LogP contribution >= 0.6 is 0 Å². The summed E-state index contributed by atoms with van der Waals surface area (Å²) >= 11 is 0. The lowest BCUT2D eigenvalue weighted by Gasteiger charge is -2.27. The summed E-state index contributed by atoms with van der Waals surface area (Å²) in [7, 11) is 0. The van der Waals surface area contributed by atoms with Crippen LogP contribution in [0.1, 0.15) is 38.2 Å². The molecule has 0 unspecified atom stereocenters. The van der Waals surface area contributed by atoms with E-state index in [4.69, 9.17) is 14.6 Å². The standard InChI is InChI=1S/C17H23NO5/c1-3-23-17(8-4-5-9-17)16(21)18-14-7-6-13(10-12(14)2)22-11-15(19)20/h6-7,10H,3-5,8-9,11H2,1-2H3,(H,18,21)(H,19,20). The number of anilines is 1. The maximum atomic E-state index is 12.6. The minimum absolute atomic E-state index is 0.112. The van der Waals surface area contributed by atoms with Gasteiger partial charge in [0.25, 0.3) is 5.91 Å². The highest BCUT2D eigenvalue weighted by atomic mass is 16.5. The Bertz CT molecular complexity index is 578. The number of aryl methyl sites for hydroxylation is 1. The van der Waals surface area contributed by atoms with E-state index in [0.29, 0.717) is 18.0 Å². The van der Waals surface area contributed by atoms with Crippen molar-refractivity contribution in [3.05, 3.63) is 23.8 Å². The first kappa shape index (κ1) is 17.3. The van der Waals surface area contributed by atoms with E-state index in [1.807, 2.05) is 13.8 Å². The van der Waals surface area contributed by atoms with E-state index in [-0.39, 0.29) is 5.91 Å². The highest BCUT2D eigenvalue weighted by molar-refractivity contribution is 5.98. The van der Waals surface area contributed by atoms with Gasteiger partial charge in [0.2, 0.25) is 0 Å². The molecule has 1 aromatic carbocycles. The Hall–Kier alpha value is -2.08. The van der Waals surface area contributed by atoms with Gasteiger partial charge in [-0.2, -0.15) is 0 Å². The fraction of sp³-hybridized carbons (Fsp3) is 0.529. The molecule has 0 radical (unpaired) electrons. The van der Waals surface area contributed by atoms with Crippen molar-refractivity contribution in [2.45, 2.75) is 45.1 Å². The van der Waals surface area contributed by atoms with Gasteiger partial charge in [-0.3, -0.25) is 4.79 Å². The summed E-state index contributed by atoms with van der Waals surface area (Å²) in [5, 5.41) is 11.6. The van der Waals surface area contributed by atoms with Crippen LogP contribution in [-0.4, -0.2) is 35.8 Å². The third-order valence-corrected chi connectivity index (χ3v) is 4.05. The zero-order chi connectivity index (χ0) is 16.9. The minimum atomic E-state index is -1.03. The number of hydrogen-bond donors (Lipinski definition) is 2. The van der Waals surface area contributed by atoms with Gasteiger partial charge in [0, 0.05) is 12.3 Å². The molecule has 23 heavy (non-hydrogen) atoms. The molecule has 0 bridgehead atoms. The summed E-state index contributed by atoms with van der Waals surface area (Å²) in [5.74, 6) is -0.678. The van der Waals surface area contributed by atoms with E-state index >= 15 is 0 Å². The third-order valence-electron chi connectivity index (χ3n) is 4.05. The average molecular weight is 321 g/mol. The van der Waals surface area contributed by atoms with E-state index in [9.17, 15) is 9.59 Å². The zero-order valence-corrected chi connectivity index (χ0v) is 13.6. The number of carboxylic acids is 1. The Morgan fingerprint density at radius 3 is 2.57 bits per heavy atom. The minimum Gasteiger partial charge on any atom is -0.482 e. The molecule has 2 N–H and O–H groups in total. The third kappa shape index (κ3) is 4.22. The second-order valence-corrected chi connectivity index (χ2v) is 5.75. The Kier molecular flexibility index (Phi) is 5.60. The first-order valence-corrected chi connectivity index (χ1v) is 7.87. The molecule has 2 rings (SSSR count). The summed E-state index contributed by atoms with van der Waals surface area (Å²) in [4.78, 5) is 23.2. The van der Waals surface area contributed by atoms with Gasteiger partial charge >= 0.3 is 5.97 Å². The van der Waals surface area contributed by atoms with Crippen LogP contribution in [0.2, 0.25) is 0 Å². The number of amides is 1. The van der Waals surface area contributed by atoms with Gasteiger partial charge in [-0.15, -0.1) is 0 Å². The molecule has 1 amide bonds. The topological polar surface area (TPSA) is 84.9 Å². The lowest BCUT2D eigenvalue weighted by molar-refractivity contribution is -0.140. The Labute approximate surface area is 135 Å². The predicted octanol–water partition coefficient (Wildman–Crippen LogP) is 2.75. The van der Waals surface area contributed by atoms with Crippen molar-refractivity contribution in [2.75, 3.05) is 18.5 Å². The number of hydrogen-bond acceptors (Lipinski definition) is 4. The average Bonchev–Trinajstić information content (AvgIpc) is 2.98. The van der Waals surface area contributed by atoms with Crippen molar-refractivity contribution in [1.82, 2.24) is 0 Å². The van der Waals surface area contributed by atoms with E-state index in [1.165, 1.54) is 0 Å². The first-order chi connectivity index (χ1) is 11.0. The van der Waals surface area contributed by atoms with E-state index in [0.717, 1.165) is 31.2 Å². The van der Waals surface area contributed by atoms with Crippen LogP contribution in [0, 0.1) is 6.92 Å². The number of carboxylic acid groups (broad SMARTS) is 1. The van der Waals surface area contributed by atoms with Crippen LogP contribution in [0.15, 0.2) is 18.2 Å². The van der Waals surface area contributed by atoms with Gasteiger partial charge in [0.05, 0.1) is 0 Å². The molecule has 0 atom stereocenters. The van der Waals surface area contributed by atoms with Gasteiger partial charge in [0.15, 0.2) is 6.61 Å². The maximum absolute atomic E-state index is 12.6. The molecule has 1 aliphatic carbocycles. The van der Waals surface area contributed by atoms with E-state index < -0.39 is 18.2 Å². The molecule has 1 aromatic rings. The number of nitrogens with one attached hydrogen (secondary N) is 1. The second-order valence-electron chi connectivity index (χ2n) is 5.75. The van der Waals surface area contributed by atoms with Gasteiger partial charge < -0.3 is 19.9 Å². The molecule has 0 saturated heterocycles. The quantitative estimate of drug-likeness (QED) is 0.806.